The van der Waals surface area contributed by atoms with Gasteiger partial charge >= 0.3 is 5.97 Å². The summed E-state index contributed by atoms with van der Waals surface area (Å²) in [6.07, 6.45) is 2.93. The maximum atomic E-state index is 11.8. The lowest BCUT2D eigenvalue weighted by Gasteiger charge is -2.13. The summed E-state index contributed by atoms with van der Waals surface area (Å²) in [6.45, 7) is 1.91. The number of nitrogens with zero attached hydrogens (tertiary/aromatic N) is 1. The molecule has 0 aromatic heterocycles. The Morgan fingerprint density at radius 1 is 1.25 bits per heavy atom. The van der Waals surface area contributed by atoms with Crippen LogP contribution in [-0.2, 0) is 14.3 Å². The molecule has 108 valence electrons. The molecule has 0 saturated carbocycles. The second kappa shape index (κ2) is 7.92. The van der Waals surface area contributed by atoms with Gasteiger partial charge in [-0.15, -0.1) is 0 Å². The molecule has 0 atom stereocenters. The Balaban J connectivity index is 2.64. The molecule has 6 heteroatoms. The highest BCUT2D eigenvalue weighted by molar-refractivity contribution is 6.34. The number of carbonyl (C=O) groups excluding carboxylic acids is 2. The van der Waals surface area contributed by atoms with Gasteiger partial charge < -0.3 is 9.64 Å². The van der Waals surface area contributed by atoms with Crippen molar-refractivity contribution in [2.75, 3.05) is 20.2 Å². The quantitative estimate of drug-likeness (QED) is 0.620. The highest BCUT2D eigenvalue weighted by Gasteiger charge is 2.10. The molecule has 0 radical (unpaired) electrons. The van der Waals surface area contributed by atoms with E-state index in [2.05, 4.69) is 0 Å². The lowest BCUT2D eigenvalue weighted by atomic mass is 10.2. The Morgan fingerprint density at radius 2 is 1.85 bits per heavy atom. The summed E-state index contributed by atoms with van der Waals surface area (Å²) in [5, 5.41) is 0.981. The van der Waals surface area contributed by atoms with Crippen LogP contribution in [0.5, 0.6) is 0 Å². The predicted octanol–water partition coefficient (Wildman–Crippen LogP) is 3.03. The molecule has 0 N–H and O–H groups in total. The normalized spacial score (nSPS) is 10.6. The van der Waals surface area contributed by atoms with Gasteiger partial charge in [0, 0.05) is 23.2 Å². The van der Waals surface area contributed by atoms with Crippen molar-refractivity contribution in [3.05, 3.63) is 39.9 Å². The third kappa shape index (κ3) is 5.63. The standard InChI is InChI=1S/C14H15Cl2NO3/c1-3-20-14(19)9-17(2)13(18)5-4-10-6-11(15)8-12(16)7-10/h4-8H,3,9H2,1-2H3. The first-order valence-corrected chi connectivity index (χ1v) is 6.73. The van der Waals surface area contributed by atoms with Crippen LogP contribution in [-0.4, -0.2) is 37.0 Å². The van der Waals surface area contributed by atoms with Crippen LogP contribution in [0.3, 0.4) is 0 Å². The van der Waals surface area contributed by atoms with Crippen LogP contribution in [0.1, 0.15) is 12.5 Å². The van der Waals surface area contributed by atoms with Gasteiger partial charge in [-0.3, -0.25) is 9.59 Å². The van der Waals surface area contributed by atoms with Crippen molar-refractivity contribution >= 4 is 41.2 Å². The monoisotopic (exact) mass is 315 g/mol. The third-order valence-corrected chi connectivity index (χ3v) is 2.79. The van der Waals surface area contributed by atoms with Crippen LogP contribution in [0.25, 0.3) is 6.08 Å². The third-order valence-electron chi connectivity index (χ3n) is 2.35. The van der Waals surface area contributed by atoms with Gasteiger partial charge in [0.1, 0.15) is 6.54 Å². The van der Waals surface area contributed by atoms with Crippen LogP contribution in [0.4, 0.5) is 0 Å². The number of halogens is 2. The SMILES string of the molecule is CCOC(=O)CN(C)C(=O)C=Cc1cc(Cl)cc(Cl)c1. The number of hydrogen-bond donors (Lipinski definition) is 0. The first-order valence-electron chi connectivity index (χ1n) is 5.97. The van der Waals surface area contributed by atoms with Crippen molar-refractivity contribution < 1.29 is 14.3 Å². The van der Waals surface area contributed by atoms with E-state index in [0.717, 1.165) is 0 Å². The fourth-order valence-electron chi connectivity index (χ4n) is 1.44. The molecule has 1 aromatic carbocycles. The minimum Gasteiger partial charge on any atom is -0.465 e. The number of esters is 1. The van der Waals surface area contributed by atoms with Crippen LogP contribution >= 0.6 is 23.2 Å². The molecule has 20 heavy (non-hydrogen) atoms. The first kappa shape index (κ1) is 16.5. The molecule has 0 bridgehead atoms. The zero-order valence-corrected chi connectivity index (χ0v) is 12.7. The summed E-state index contributed by atoms with van der Waals surface area (Å²) in [5.41, 5.74) is 0.709. The molecule has 0 aliphatic heterocycles. The van der Waals surface area contributed by atoms with Gasteiger partial charge in [-0.05, 0) is 36.8 Å². The van der Waals surface area contributed by atoms with Gasteiger partial charge in [-0.2, -0.15) is 0 Å². The molecule has 0 fully saturated rings. The second-order valence-electron chi connectivity index (χ2n) is 4.04. The first-order chi connectivity index (χ1) is 9.42. The number of benzene rings is 1. The van der Waals surface area contributed by atoms with E-state index in [-0.39, 0.29) is 19.1 Å². The predicted molar refractivity (Wildman–Crippen MR) is 79.8 cm³/mol. The molecule has 0 unspecified atom stereocenters. The van der Waals surface area contributed by atoms with E-state index in [1.807, 2.05) is 0 Å². The molecule has 1 amide bonds. The second-order valence-corrected chi connectivity index (χ2v) is 4.91. The summed E-state index contributed by atoms with van der Waals surface area (Å²) in [4.78, 5) is 24.3. The molecule has 1 aromatic rings. The lowest BCUT2D eigenvalue weighted by molar-refractivity contribution is -0.146. The van der Waals surface area contributed by atoms with Crippen LogP contribution in [0, 0.1) is 0 Å². The van der Waals surface area contributed by atoms with Gasteiger partial charge in [-0.1, -0.05) is 23.2 Å². The highest BCUT2D eigenvalue weighted by atomic mass is 35.5. The van der Waals surface area contributed by atoms with Crippen molar-refractivity contribution in [2.45, 2.75) is 6.92 Å². The van der Waals surface area contributed by atoms with Crippen LogP contribution in [0.15, 0.2) is 24.3 Å². The molecule has 0 heterocycles. The molecule has 0 aliphatic carbocycles. The van der Waals surface area contributed by atoms with Crippen molar-refractivity contribution in [3.63, 3.8) is 0 Å². The Labute approximate surface area is 127 Å². The molecule has 0 spiro atoms. The van der Waals surface area contributed by atoms with E-state index < -0.39 is 5.97 Å². The number of rotatable bonds is 5. The smallest absolute Gasteiger partial charge is 0.325 e. The van der Waals surface area contributed by atoms with Crippen molar-refractivity contribution in [2.24, 2.45) is 0 Å². The maximum absolute atomic E-state index is 11.8. The summed E-state index contributed by atoms with van der Waals surface area (Å²) < 4.78 is 4.77. The van der Waals surface area contributed by atoms with Gasteiger partial charge in [0.25, 0.3) is 0 Å². The van der Waals surface area contributed by atoms with Crippen molar-refractivity contribution in [1.82, 2.24) is 4.90 Å². The molecular formula is C14H15Cl2NO3. The summed E-state index contributed by atoms with van der Waals surface area (Å²) in [6, 6.07) is 4.97. The zero-order chi connectivity index (χ0) is 15.1. The summed E-state index contributed by atoms with van der Waals surface area (Å²) in [7, 11) is 1.52. The van der Waals surface area contributed by atoms with E-state index in [0.29, 0.717) is 15.6 Å². The topological polar surface area (TPSA) is 46.6 Å². The summed E-state index contributed by atoms with van der Waals surface area (Å²) in [5.74, 6) is -0.753. The average molecular weight is 316 g/mol. The minimum atomic E-state index is -0.442. The van der Waals surface area contributed by atoms with Gasteiger partial charge in [-0.25, -0.2) is 0 Å². The maximum Gasteiger partial charge on any atom is 0.325 e. The Morgan fingerprint density at radius 3 is 2.40 bits per heavy atom. The van der Waals surface area contributed by atoms with E-state index >= 15 is 0 Å². The number of amides is 1. The molecule has 0 saturated heterocycles. The number of ether oxygens (including phenoxy) is 1. The summed E-state index contributed by atoms with van der Waals surface area (Å²) >= 11 is 11.7. The number of likely N-dealkylation sites (N-methyl/N-ethyl adjacent to an activating group) is 1. The lowest BCUT2D eigenvalue weighted by Crippen LogP contribution is -2.31. The van der Waals surface area contributed by atoms with E-state index in [9.17, 15) is 9.59 Å². The van der Waals surface area contributed by atoms with Crippen molar-refractivity contribution in [1.29, 1.82) is 0 Å². The highest BCUT2D eigenvalue weighted by Crippen LogP contribution is 2.19. The largest absolute Gasteiger partial charge is 0.465 e. The van der Waals surface area contributed by atoms with E-state index in [1.165, 1.54) is 18.0 Å². The van der Waals surface area contributed by atoms with Gasteiger partial charge in [0.05, 0.1) is 6.61 Å². The fourth-order valence-corrected chi connectivity index (χ4v) is 1.99. The Bertz CT molecular complexity index is 509. The number of hydrogen-bond acceptors (Lipinski definition) is 3. The number of carbonyl (C=O) groups is 2. The van der Waals surface area contributed by atoms with Crippen LogP contribution < -0.4 is 0 Å². The Hall–Kier alpha value is -1.52. The minimum absolute atomic E-state index is 0.0900. The van der Waals surface area contributed by atoms with Crippen LogP contribution in [0.2, 0.25) is 10.0 Å². The molecular weight excluding hydrogens is 301 g/mol. The fraction of sp³-hybridized carbons (Fsp3) is 0.286. The molecule has 0 aliphatic rings. The van der Waals surface area contributed by atoms with Crippen molar-refractivity contribution in [3.8, 4) is 0 Å². The molecule has 4 nitrogen and oxygen atoms in total. The van der Waals surface area contributed by atoms with E-state index in [1.54, 1.807) is 31.2 Å². The van der Waals surface area contributed by atoms with E-state index in [4.69, 9.17) is 27.9 Å². The average Bonchev–Trinajstić information content (AvgIpc) is 2.34. The zero-order valence-electron chi connectivity index (χ0n) is 11.2. The van der Waals surface area contributed by atoms with Gasteiger partial charge in [0.2, 0.25) is 5.91 Å². The Kier molecular flexibility index (Phi) is 6.55. The molecule has 1 rings (SSSR count). The van der Waals surface area contributed by atoms with Gasteiger partial charge in [0.15, 0.2) is 0 Å².